The van der Waals surface area contributed by atoms with E-state index in [1.165, 1.54) is 48.7 Å². The van der Waals surface area contributed by atoms with E-state index in [0.29, 0.717) is 9.99 Å². The van der Waals surface area contributed by atoms with E-state index < -0.39 is 18.0 Å². The third-order valence-corrected chi connectivity index (χ3v) is 5.49. The van der Waals surface area contributed by atoms with E-state index in [-0.39, 0.29) is 46.5 Å². The van der Waals surface area contributed by atoms with Crippen molar-refractivity contribution in [1.29, 1.82) is 0 Å². The maximum absolute atomic E-state index is 11.9. The summed E-state index contributed by atoms with van der Waals surface area (Å²) in [4.78, 5) is 28.8. The number of hydrogen-bond acceptors (Lipinski definition) is 8. The number of carbonyl (C=O) groups is 2. The number of aliphatic hydroxyl groups excluding tert-OH is 1. The fourth-order valence-corrected chi connectivity index (χ4v) is 4.76. The standard InChI is InChI=1S/C11H14N2O5S2.Na/c1-5(14)6-8(15)13-7(10(16)17)11(20-9(6)13)19-4-3-12-18-2;/h3,5-6,9,14H,4H2,1-2H3,(H,16,17);/q;+1/p-1/t5?,6-,9+;/m0./s1. The molecule has 1 unspecified atom stereocenters. The molecular formula is C11H13N2NaO5S2. The predicted octanol–water partition coefficient (Wildman–Crippen LogP) is -3.81. The van der Waals surface area contributed by atoms with E-state index in [2.05, 4.69) is 9.99 Å². The van der Waals surface area contributed by atoms with Crippen molar-refractivity contribution in [1.82, 2.24) is 4.90 Å². The van der Waals surface area contributed by atoms with Crippen LogP contribution in [0.1, 0.15) is 6.92 Å². The quantitative estimate of drug-likeness (QED) is 0.229. The minimum absolute atomic E-state index is 0. The molecule has 0 aromatic carbocycles. The van der Waals surface area contributed by atoms with E-state index in [1.807, 2.05) is 0 Å². The summed E-state index contributed by atoms with van der Waals surface area (Å²) in [5.74, 6) is -1.91. The van der Waals surface area contributed by atoms with Crippen molar-refractivity contribution in [2.24, 2.45) is 11.1 Å². The first-order valence-electron chi connectivity index (χ1n) is 5.80. The minimum Gasteiger partial charge on any atom is -0.543 e. The Morgan fingerprint density at radius 2 is 2.38 bits per heavy atom. The van der Waals surface area contributed by atoms with Gasteiger partial charge in [0.05, 0.1) is 34.1 Å². The van der Waals surface area contributed by atoms with Gasteiger partial charge in [-0.05, 0) is 6.92 Å². The number of carboxylic acids is 1. The van der Waals surface area contributed by atoms with Crippen LogP contribution in [0.3, 0.4) is 0 Å². The molecule has 1 fully saturated rings. The van der Waals surface area contributed by atoms with Crippen molar-refractivity contribution in [2.45, 2.75) is 18.4 Å². The average molecular weight is 340 g/mol. The SMILES string of the molecule is CON=CCSC1=C(C(=O)[O-])N2C(=O)[C@H](C(C)O)[C@H]2S1.[Na+]. The Bertz CT molecular complexity index is 497. The van der Waals surface area contributed by atoms with E-state index in [0.717, 1.165) is 0 Å². The molecule has 0 aliphatic carbocycles. The van der Waals surface area contributed by atoms with Gasteiger partial charge in [-0.15, -0.1) is 11.8 Å². The Kier molecular flexibility index (Phi) is 7.08. The topological polar surface area (TPSA) is 102 Å². The second-order valence-electron chi connectivity index (χ2n) is 4.19. The molecule has 7 nitrogen and oxygen atoms in total. The van der Waals surface area contributed by atoms with Gasteiger partial charge in [0.25, 0.3) is 0 Å². The summed E-state index contributed by atoms with van der Waals surface area (Å²) in [5.41, 5.74) is -0.113. The van der Waals surface area contributed by atoms with Gasteiger partial charge < -0.3 is 19.8 Å². The zero-order valence-corrected chi connectivity index (χ0v) is 15.4. The number of aliphatic hydroxyl groups is 1. The molecule has 1 amide bonds. The smallest absolute Gasteiger partial charge is 0.543 e. The molecule has 2 rings (SSSR count). The first kappa shape index (κ1) is 18.9. The van der Waals surface area contributed by atoms with Crippen molar-refractivity contribution >= 4 is 41.6 Å². The van der Waals surface area contributed by atoms with Gasteiger partial charge in [0.1, 0.15) is 12.5 Å². The van der Waals surface area contributed by atoms with Crippen molar-refractivity contribution in [3.63, 3.8) is 0 Å². The van der Waals surface area contributed by atoms with E-state index in [1.54, 1.807) is 0 Å². The number of amides is 1. The van der Waals surface area contributed by atoms with Gasteiger partial charge in [-0.25, -0.2) is 0 Å². The molecule has 0 aromatic heterocycles. The molecule has 0 bridgehead atoms. The van der Waals surface area contributed by atoms with Crippen LogP contribution in [-0.4, -0.2) is 52.4 Å². The second-order valence-corrected chi connectivity index (χ2v) is 6.60. The number of carboxylic acid groups (broad SMARTS) is 1. The number of oxime groups is 1. The van der Waals surface area contributed by atoms with E-state index in [9.17, 15) is 19.8 Å². The number of hydrogen-bond donors (Lipinski definition) is 1. The zero-order chi connectivity index (χ0) is 14.9. The number of fused-ring (bicyclic) bond motifs is 1. The molecule has 0 radical (unpaired) electrons. The fourth-order valence-electron chi connectivity index (χ4n) is 2.06. The molecule has 1 saturated heterocycles. The fraction of sp³-hybridized carbons (Fsp3) is 0.545. The third kappa shape index (κ3) is 3.59. The van der Waals surface area contributed by atoms with E-state index in [4.69, 9.17) is 0 Å². The van der Waals surface area contributed by atoms with Crippen LogP contribution in [0.4, 0.5) is 0 Å². The predicted molar refractivity (Wildman–Crippen MR) is 73.4 cm³/mol. The molecule has 0 spiro atoms. The summed E-state index contributed by atoms with van der Waals surface area (Å²) in [6.45, 7) is 1.52. The number of thioether (sulfide) groups is 2. The number of aliphatic carboxylic acids is 1. The van der Waals surface area contributed by atoms with Crippen LogP contribution in [0.25, 0.3) is 0 Å². The maximum atomic E-state index is 11.9. The summed E-state index contributed by atoms with van der Waals surface area (Å²) in [5, 5.41) is 24.0. The summed E-state index contributed by atoms with van der Waals surface area (Å²) >= 11 is 2.50. The van der Waals surface area contributed by atoms with Gasteiger partial charge >= 0.3 is 29.6 Å². The maximum Gasteiger partial charge on any atom is 1.00 e. The Morgan fingerprint density at radius 3 is 2.90 bits per heavy atom. The Morgan fingerprint density at radius 1 is 1.71 bits per heavy atom. The van der Waals surface area contributed by atoms with Gasteiger partial charge in [0, 0.05) is 5.75 Å². The molecule has 1 N–H and O–H groups in total. The molecule has 0 saturated carbocycles. The summed E-state index contributed by atoms with van der Waals surface area (Å²) < 4.78 is 0.494. The van der Waals surface area contributed by atoms with Crippen LogP contribution in [0.2, 0.25) is 0 Å². The molecule has 10 heteroatoms. The van der Waals surface area contributed by atoms with Gasteiger partial charge in [0.2, 0.25) is 5.91 Å². The van der Waals surface area contributed by atoms with Gasteiger partial charge in [0.15, 0.2) is 0 Å². The largest absolute Gasteiger partial charge is 1.00 e. The van der Waals surface area contributed by atoms with Crippen LogP contribution in [0, 0.1) is 5.92 Å². The zero-order valence-electron chi connectivity index (χ0n) is 11.8. The van der Waals surface area contributed by atoms with Crippen LogP contribution >= 0.6 is 23.5 Å². The molecule has 2 aliphatic rings. The summed E-state index contributed by atoms with van der Waals surface area (Å²) in [6, 6.07) is 0. The third-order valence-electron chi connectivity index (χ3n) is 2.93. The van der Waals surface area contributed by atoms with Crippen molar-refractivity contribution in [2.75, 3.05) is 12.9 Å². The number of carbonyl (C=O) groups excluding carboxylic acids is 2. The monoisotopic (exact) mass is 340 g/mol. The summed E-state index contributed by atoms with van der Waals surface area (Å²) in [7, 11) is 1.41. The van der Waals surface area contributed by atoms with Crippen LogP contribution in [-0.2, 0) is 14.4 Å². The second kappa shape index (κ2) is 7.89. The van der Waals surface area contributed by atoms with E-state index >= 15 is 0 Å². The number of rotatable bonds is 6. The number of β-lactam (4-membered cyclic amide) rings is 1. The molecule has 0 aromatic rings. The molecule has 2 aliphatic heterocycles. The summed E-state index contributed by atoms with van der Waals surface area (Å²) in [6.07, 6.45) is 0.688. The molecule has 21 heavy (non-hydrogen) atoms. The van der Waals surface area contributed by atoms with Crippen LogP contribution in [0.15, 0.2) is 15.1 Å². The van der Waals surface area contributed by atoms with Gasteiger partial charge in [-0.3, -0.25) is 9.69 Å². The Hall–Kier alpha value is -0.190. The van der Waals surface area contributed by atoms with Crippen LogP contribution in [0.5, 0.6) is 0 Å². The minimum atomic E-state index is -1.39. The Balaban J connectivity index is 0.00000220. The first-order valence-corrected chi connectivity index (χ1v) is 7.66. The normalized spacial score (nSPS) is 25.5. The average Bonchev–Trinajstić information content (AvgIpc) is 2.69. The van der Waals surface area contributed by atoms with Crippen molar-refractivity contribution in [3.8, 4) is 0 Å². The van der Waals surface area contributed by atoms with Crippen molar-refractivity contribution in [3.05, 3.63) is 9.93 Å². The van der Waals surface area contributed by atoms with Crippen molar-refractivity contribution < 1.29 is 54.2 Å². The first-order chi connectivity index (χ1) is 9.49. The van der Waals surface area contributed by atoms with Crippen LogP contribution < -0.4 is 34.7 Å². The molecular weight excluding hydrogens is 327 g/mol. The molecule has 110 valence electrons. The molecule has 2 heterocycles. The Labute approximate surface area is 152 Å². The number of nitrogens with zero attached hydrogens (tertiary/aromatic N) is 2. The van der Waals surface area contributed by atoms with Gasteiger partial charge in [-0.2, -0.15) is 0 Å². The van der Waals surface area contributed by atoms with Gasteiger partial charge in [-0.1, -0.05) is 16.9 Å². The molecule has 3 atom stereocenters.